The van der Waals surface area contributed by atoms with Gasteiger partial charge in [-0.3, -0.25) is 4.79 Å². The fourth-order valence-electron chi connectivity index (χ4n) is 1.01. The number of allylic oxidation sites excluding steroid dienone is 1. The van der Waals surface area contributed by atoms with E-state index in [-0.39, 0.29) is 12.4 Å². The molecule has 0 saturated carbocycles. The molecular formula is C11H12BrN3O2S. The lowest BCUT2D eigenvalue weighted by Crippen LogP contribution is -2.03. The maximum absolute atomic E-state index is 11.0. The molecule has 2 aromatic rings. The van der Waals surface area contributed by atoms with Crippen LogP contribution in [0.2, 0.25) is 0 Å². The minimum atomic E-state index is -0.312. The first-order chi connectivity index (χ1) is 8.60. The first kappa shape index (κ1) is 14.7. The Labute approximate surface area is 117 Å². The Morgan fingerprint density at radius 1 is 1.61 bits per heavy atom. The molecular weight excluding hydrogens is 318 g/mol. The summed E-state index contributed by atoms with van der Waals surface area (Å²) in [5.41, 5.74) is 0.558. The van der Waals surface area contributed by atoms with E-state index in [9.17, 15) is 4.79 Å². The first-order valence-electron chi connectivity index (χ1n) is 5.02. The van der Waals surface area contributed by atoms with Crippen molar-refractivity contribution in [3.8, 4) is 0 Å². The van der Waals surface area contributed by atoms with Crippen LogP contribution < -0.4 is 0 Å². The van der Waals surface area contributed by atoms with Crippen LogP contribution in [0.15, 0.2) is 23.5 Å². The molecule has 0 amide bonds. The van der Waals surface area contributed by atoms with Crippen molar-refractivity contribution in [3.05, 3.63) is 28.5 Å². The largest absolute Gasteiger partial charge is 0.469 e. The number of rotatable bonds is 2. The molecule has 0 aliphatic heterocycles. The van der Waals surface area contributed by atoms with Crippen molar-refractivity contribution >= 4 is 43.7 Å². The van der Waals surface area contributed by atoms with Gasteiger partial charge >= 0.3 is 5.97 Å². The summed E-state index contributed by atoms with van der Waals surface area (Å²) in [5.74, 6) is -0.312. The second-order valence-electron chi connectivity index (χ2n) is 3.09. The molecule has 0 spiro atoms. The molecule has 0 saturated heterocycles. The Morgan fingerprint density at radius 3 is 2.89 bits per heavy atom. The van der Waals surface area contributed by atoms with Crippen molar-refractivity contribution < 1.29 is 9.53 Å². The molecule has 2 aromatic heterocycles. The molecule has 5 nitrogen and oxygen atoms in total. The minimum absolute atomic E-state index is 0.164. The van der Waals surface area contributed by atoms with Crippen LogP contribution in [0.25, 0.3) is 10.5 Å². The molecule has 0 unspecified atom stereocenters. The predicted molar refractivity (Wildman–Crippen MR) is 74.5 cm³/mol. The number of fused-ring (bicyclic) bond motifs is 1. The van der Waals surface area contributed by atoms with Crippen LogP contribution in [0.4, 0.5) is 0 Å². The number of esters is 1. The predicted octanol–water partition coefficient (Wildman–Crippen LogP) is 2.76. The van der Waals surface area contributed by atoms with E-state index in [1.807, 2.05) is 6.92 Å². The van der Waals surface area contributed by atoms with E-state index in [0.717, 1.165) is 0 Å². The molecule has 0 N–H and O–H groups in total. The average molecular weight is 330 g/mol. The number of carbonyl (C=O) groups is 1. The lowest BCUT2D eigenvalue weighted by atomic mass is 10.5. The highest BCUT2D eigenvalue weighted by molar-refractivity contribution is 9.10. The van der Waals surface area contributed by atoms with Gasteiger partial charge in [-0.25, -0.2) is 15.0 Å². The van der Waals surface area contributed by atoms with Crippen molar-refractivity contribution in [3.63, 3.8) is 0 Å². The zero-order chi connectivity index (χ0) is 13.5. The second-order valence-corrected chi connectivity index (χ2v) is 4.96. The average Bonchev–Trinajstić information content (AvgIpc) is 2.71. The van der Waals surface area contributed by atoms with E-state index in [0.29, 0.717) is 20.1 Å². The summed E-state index contributed by atoms with van der Waals surface area (Å²) in [6.07, 6.45) is 3.49. The Bertz CT molecular complexity index is 556. The van der Waals surface area contributed by atoms with Crippen molar-refractivity contribution in [1.29, 1.82) is 0 Å². The number of aromatic nitrogens is 3. The molecule has 0 aliphatic carbocycles. The number of halogens is 1. The van der Waals surface area contributed by atoms with Gasteiger partial charge in [-0.15, -0.1) is 6.58 Å². The third-order valence-electron chi connectivity index (χ3n) is 1.66. The maximum Gasteiger partial charge on any atom is 0.312 e. The fraction of sp³-hybridized carbons (Fsp3) is 0.273. The Hall–Kier alpha value is -1.34. The Morgan fingerprint density at radius 2 is 2.28 bits per heavy atom. The number of hydrogen-bond acceptors (Lipinski definition) is 6. The van der Waals surface area contributed by atoms with Crippen LogP contribution in [0.1, 0.15) is 11.9 Å². The summed E-state index contributed by atoms with van der Waals surface area (Å²) in [5, 5.41) is 0.662. The van der Waals surface area contributed by atoms with Gasteiger partial charge in [-0.05, 0) is 22.9 Å². The van der Waals surface area contributed by atoms with E-state index in [2.05, 4.69) is 42.2 Å². The van der Waals surface area contributed by atoms with Crippen LogP contribution in [0.3, 0.4) is 0 Å². The smallest absolute Gasteiger partial charge is 0.312 e. The monoisotopic (exact) mass is 329 g/mol. The van der Waals surface area contributed by atoms with Crippen LogP contribution in [0.5, 0.6) is 0 Å². The highest BCUT2D eigenvalue weighted by Gasteiger charge is 2.10. The molecule has 2 rings (SSSR count). The lowest BCUT2D eigenvalue weighted by molar-refractivity contribution is -0.139. The number of methoxy groups -OCH3 is 1. The number of carbonyl (C=O) groups excluding carboxylic acids is 1. The van der Waals surface area contributed by atoms with Gasteiger partial charge in [0.1, 0.15) is 9.61 Å². The summed E-state index contributed by atoms with van der Waals surface area (Å²) in [7, 11) is 1.35. The number of ether oxygens (including phenoxy) is 1. The minimum Gasteiger partial charge on any atom is -0.469 e. The summed E-state index contributed by atoms with van der Waals surface area (Å²) in [6, 6.07) is 0. The van der Waals surface area contributed by atoms with E-state index < -0.39 is 0 Å². The van der Waals surface area contributed by atoms with E-state index in [1.165, 1.54) is 18.4 Å². The molecule has 0 atom stereocenters. The van der Waals surface area contributed by atoms with Gasteiger partial charge in [-0.1, -0.05) is 17.4 Å². The van der Waals surface area contributed by atoms with Gasteiger partial charge in [0.2, 0.25) is 0 Å². The van der Waals surface area contributed by atoms with E-state index in [4.69, 9.17) is 0 Å². The summed E-state index contributed by atoms with van der Waals surface area (Å²) >= 11 is 4.56. The van der Waals surface area contributed by atoms with Gasteiger partial charge in [-0.2, -0.15) is 0 Å². The molecule has 0 aromatic carbocycles. The van der Waals surface area contributed by atoms with Crippen LogP contribution in [-0.2, 0) is 16.0 Å². The van der Waals surface area contributed by atoms with Crippen molar-refractivity contribution in [2.24, 2.45) is 0 Å². The van der Waals surface area contributed by atoms with Gasteiger partial charge < -0.3 is 4.74 Å². The molecule has 0 aliphatic rings. The molecule has 0 bridgehead atoms. The molecule has 18 heavy (non-hydrogen) atoms. The SMILES string of the molecule is C=CC.COC(=O)Cc1nc2ncc(Br)nc2s1. The molecule has 0 fully saturated rings. The first-order valence-corrected chi connectivity index (χ1v) is 6.63. The van der Waals surface area contributed by atoms with Crippen molar-refractivity contribution in [2.45, 2.75) is 13.3 Å². The van der Waals surface area contributed by atoms with E-state index in [1.54, 1.807) is 12.3 Å². The topological polar surface area (TPSA) is 65.0 Å². The van der Waals surface area contributed by atoms with Crippen LogP contribution >= 0.6 is 27.3 Å². The van der Waals surface area contributed by atoms with Gasteiger partial charge in [0.15, 0.2) is 10.5 Å². The van der Waals surface area contributed by atoms with Crippen LogP contribution in [0, 0.1) is 0 Å². The number of thiazole rings is 1. The standard InChI is InChI=1S/C8H6BrN3O2S.C3H6/c1-14-6(13)2-5-12-7-8(15-5)11-4(9)3-10-7;1-3-2/h3H,2H2,1H3;3H,1H2,2H3. The number of hydrogen-bond donors (Lipinski definition) is 0. The van der Waals surface area contributed by atoms with Gasteiger partial charge in [0.05, 0.1) is 19.7 Å². The third-order valence-corrected chi connectivity index (χ3v) is 2.98. The molecule has 96 valence electrons. The quantitative estimate of drug-likeness (QED) is 0.626. The Kier molecular flexibility index (Phi) is 5.87. The second kappa shape index (κ2) is 7.17. The fourth-order valence-corrected chi connectivity index (χ4v) is 2.29. The maximum atomic E-state index is 11.0. The summed E-state index contributed by atoms with van der Waals surface area (Å²) in [6.45, 7) is 5.25. The van der Waals surface area contributed by atoms with Crippen molar-refractivity contribution in [1.82, 2.24) is 15.0 Å². The van der Waals surface area contributed by atoms with Crippen LogP contribution in [-0.4, -0.2) is 28.0 Å². The Balaban J connectivity index is 0.000000492. The highest BCUT2D eigenvalue weighted by Crippen LogP contribution is 2.20. The van der Waals surface area contributed by atoms with Gasteiger partial charge in [0, 0.05) is 0 Å². The zero-order valence-corrected chi connectivity index (χ0v) is 12.4. The molecule has 2 heterocycles. The summed E-state index contributed by atoms with van der Waals surface area (Å²) in [4.78, 5) is 24.2. The molecule has 7 heteroatoms. The number of nitrogens with zero attached hydrogens (tertiary/aromatic N) is 3. The highest BCUT2D eigenvalue weighted by atomic mass is 79.9. The summed E-state index contributed by atoms with van der Waals surface area (Å²) < 4.78 is 5.21. The van der Waals surface area contributed by atoms with E-state index >= 15 is 0 Å². The molecule has 0 radical (unpaired) electrons. The van der Waals surface area contributed by atoms with Gasteiger partial charge in [0.25, 0.3) is 0 Å². The zero-order valence-electron chi connectivity index (χ0n) is 10.0. The lowest BCUT2D eigenvalue weighted by Gasteiger charge is -1.92. The third kappa shape index (κ3) is 4.15. The van der Waals surface area contributed by atoms with Crippen molar-refractivity contribution in [2.75, 3.05) is 7.11 Å². The normalized spacial score (nSPS) is 9.50.